The summed E-state index contributed by atoms with van der Waals surface area (Å²) in [5.41, 5.74) is -2.35. The Balaban J connectivity index is 1.58. The molecule has 1 aromatic carbocycles. The highest BCUT2D eigenvalue weighted by molar-refractivity contribution is 7.92. The average Bonchev–Trinajstić information content (AvgIpc) is 3.33. The lowest BCUT2D eigenvalue weighted by molar-refractivity contribution is -0.137. The van der Waals surface area contributed by atoms with Crippen molar-refractivity contribution in [3.8, 4) is 0 Å². The number of hydrogen-bond donors (Lipinski definition) is 0. The van der Waals surface area contributed by atoms with Gasteiger partial charge in [0.05, 0.1) is 36.9 Å². The summed E-state index contributed by atoms with van der Waals surface area (Å²) in [6.45, 7) is -0.166. The van der Waals surface area contributed by atoms with E-state index in [2.05, 4.69) is 4.98 Å². The lowest BCUT2D eigenvalue weighted by Crippen LogP contribution is -2.40. The Kier molecular flexibility index (Phi) is 5.70. The molecule has 2 heterocycles. The van der Waals surface area contributed by atoms with E-state index >= 15 is 0 Å². The molecule has 1 atom stereocenters. The van der Waals surface area contributed by atoms with Crippen LogP contribution in [0.25, 0.3) is 0 Å². The fraction of sp³-hybridized carbons (Fsp3) is 0.400. The minimum atomic E-state index is -4.74. The topological polar surface area (TPSA) is 67.3 Å². The summed E-state index contributed by atoms with van der Waals surface area (Å²) < 4.78 is 79.6. The molecule has 1 saturated heterocycles. The first-order valence-electron chi connectivity index (χ1n) is 9.58. The Morgan fingerprint density at radius 1 is 1.19 bits per heavy atom. The Morgan fingerprint density at radius 2 is 1.88 bits per heavy atom. The van der Waals surface area contributed by atoms with Crippen molar-refractivity contribution in [2.24, 2.45) is 0 Å². The number of benzene rings is 1. The number of hydrogen-bond acceptors (Lipinski definition) is 4. The van der Waals surface area contributed by atoms with Crippen molar-refractivity contribution >= 4 is 38.9 Å². The SMILES string of the molecule is O=C(N1CCC(S(=O)(=O)c2cc(C(F)(F)F)ccc2Cl)C1)C1(c2ncc(Cl)cc2F)CC1. The maximum absolute atomic E-state index is 14.4. The van der Waals surface area contributed by atoms with E-state index in [-0.39, 0.29) is 35.2 Å². The minimum Gasteiger partial charge on any atom is -0.341 e. The largest absolute Gasteiger partial charge is 0.416 e. The van der Waals surface area contributed by atoms with Crippen molar-refractivity contribution in [3.05, 3.63) is 57.6 Å². The highest BCUT2D eigenvalue weighted by Crippen LogP contribution is 2.50. The molecule has 1 aliphatic carbocycles. The number of alkyl halides is 3. The third kappa shape index (κ3) is 3.97. The zero-order valence-corrected chi connectivity index (χ0v) is 18.6. The fourth-order valence-electron chi connectivity index (χ4n) is 3.99. The first kappa shape index (κ1) is 23.3. The van der Waals surface area contributed by atoms with Crippen LogP contribution in [0.15, 0.2) is 35.4 Å². The smallest absolute Gasteiger partial charge is 0.341 e. The molecule has 5 nitrogen and oxygen atoms in total. The van der Waals surface area contributed by atoms with Gasteiger partial charge in [-0.2, -0.15) is 13.2 Å². The van der Waals surface area contributed by atoms with Gasteiger partial charge < -0.3 is 4.90 Å². The van der Waals surface area contributed by atoms with E-state index in [0.29, 0.717) is 25.0 Å². The number of likely N-dealkylation sites (tertiary alicyclic amines) is 1. The van der Waals surface area contributed by atoms with Gasteiger partial charge in [-0.15, -0.1) is 0 Å². The van der Waals surface area contributed by atoms with Gasteiger partial charge in [0.2, 0.25) is 5.91 Å². The molecule has 1 amide bonds. The minimum absolute atomic E-state index is 0.0211. The van der Waals surface area contributed by atoms with E-state index < -0.39 is 48.9 Å². The molecular formula is C20H16Cl2F4N2O3S. The summed E-state index contributed by atoms with van der Waals surface area (Å²) in [6, 6.07) is 3.17. The van der Waals surface area contributed by atoms with Crippen LogP contribution in [0.2, 0.25) is 10.0 Å². The van der Waals surface area contributed by atoms with Gasteiger partial charge in [-0.3, -0.25) is 9.78 Å². The lowest BCUT2D eigenvalue weighted by Gasteiger charge is -2.23. The van der Waals surface area contributed by atoms with Crippen LogP contribution in [-0.2, 0) is 26.2 Å². The standard InChI is InChI=1S/C20H16Cl2F4N2O3S/c21-12-8-15(23)17(27-9-12)19(4-5-19)18(29)28-6-3-13(10-28)32(30,31)16-7-11(20(24,25)26)1-2-14(16)22/h1-2,7-9,13H,3-6,10H2. The van der Waals surface area contributed by atoms with E-state index in [1.807, 2.05) is 0 Å². The van der Waals surface area contributed by atoms with Crippen molar-refractivity contribution in [1.29, 1.82) is 0 Å². The molecule has 172 valence electrons. The van der Waals surface area contributed by atoms with Gasteiger partial charge in [0.25, 0.3) is 0 Å². The number of sulfone groups is 1. The first-order chi connectivity index (χ1) is 14.9. The Hall–Kier alpha value is -1.91. The highest BCUT2D eigenvalue weighted by Gasteiger charge is 2.57. The van der Waals surface area contributed by atoms with E-state index in [0.717, 1.165) is 12.1 Å². The van der Waals surface area contributed by atoms with Gasteiger partial charge in [0.15, 0.2) is 9.84 Å². The van der Waals surface area contributed by atoms with Gasteiger partial charge in [0.1, 0.15) is 5.82 Å². The van der Waals surface area contributed by atoms with E-state index in [4.69, 9.17) is 23.2 Å². The Bertz CT molecular complexity index is 1200. The van der Waals surface area contributed by atoms with Crippen LogP contribution in [0.3, 0.4) is 0 Å². The molecule has 1 aliphatic heterocycles. The summed E-state index contributed by atoms with van der Waals surface area (Å²) in [4.78, 5) is 17.8. The monoisotopic (exact) mass is 510 g/mol. The number of halogens is 6. The molecule has 0 spiro atoms. The second kappa shape index (κ2) is 7.85. The van der Waals surface area contributed by atoms with Crippen LogP contribution < -0.4 is 0 Å². The normalized spacial score (nSPS) is 20.4. The van der Waals surface area contributed by atoms with E-state index in [1.54, 1.807) is 0 Å². The zero-order chi connectivity index (χ0) is 23.5. The quantitative estimate of drug-likeness (QED) is 0.561. The second-order valence-electron chi connectivity index (χ2n) is 7.92. The van der Waals surface area contributed by atoms with Crippen LogP contribution >= 0.6 is 23.2 Å². The molecule has 1 aromatic heterocycles. The predicted octanol–water partition coefficient (Wildman–Crippen LogP) is 4.65. The molecular weight excluding hydrogens is 495 g/mol. The molecule has 0 bridgehead atoms. The van der Waals surface area contributed by atoms with Gasteiger partial charge in [-0.25, -0.2) is 12.8 Å². The number of pyridine rings is 1. The molecule has 1 saturated carbocycles. The Morgan fingerprint density at radius 3 is 2.47 bits per heavy atom. The van der Waals surface area contributed by atoms with Crippen LogP contribution in [0, 0.1) is 5.82 Å². The number of rotatable bonds is 4. The lowest BCUT2D eigenvalue weighted by atomic mass is 9.99. The molecule has 4 rings (SSSR count). The number of carbonyl (C=O) groups excluding carboxylic acids is 1. The molecule has 1 unspecified atom stereocenters. The summed E-state index contributed by atoms with van der Waals surface area (Å²) in [5.74, 6) is -1.18. The molecule has 2 aromatic rings. The summed E-state index contributed by atoms with van der Waals surface area (Å²) >= 11 is 11.6. The van der Waals surface area contributed by atoms with Crippen LogP contribution in [-0.4, -0.2) is 42.5 Å². The van der Waals surface area contributed by atoms with Gasteiger partial charge in [-0.1, -0.05) is 23.2 Å². The molecule has 2 aliphatic rings. The molecule has 12 heteroatoms. The third-order valence-corrected chi connectivity index (χ3v) is 8.72. The van der Waals surface area contributed by atoms with Gasteiger partial charge in [-0.05, 0) is 43.5 Å². The molecule has 0 radical (unpaired) electrons. The maximum atomic E-state index is 14.4. The average molecular weight is 511 g/mol. The number of nitrogens with zero attached hydrogens (tertiary/aromatic N) is 2. The van der Waals surface area contributed by atoms with Crippen molar-refractivity contribution in [1.82, 2.24) is 9.88 Å². The first-order valence-corrected chi connectivity index (χ1v) is 11.9. The predicted molar refractivity (Wildman–Crippen MR) is 109 cm³/mol. The fourth-order valence-corrected chi connectivity index (χ4v) is 6.36. The second-order valence-corrected chi connectivity index (χ2v) is 11.0. The van der Waals surface area contributed by atoms with Crippen molar-refractivity contribution in [3.63, 3.8) is 0 Å². The van der Waals surface area contributed by atoms with Crippen LogP contribution in [0.1, 0.15) is 30.5 Å². The van der Waals surface area contributed by atoms with Gasteiger partial charge in [0, 0.05) is 19.3 Å². The van der Waals surface area contributed by atoms with E-state index in [1.165, 1.54) is 11.1 Å². The molecule has 2 fully saturated rings. The van der Waals surface area contributed by atoms with E-state index in [9.17, 15) is 30.8 Å². The summed E-state index contributed by atoms with van der Waals surface area (Å²) in [7, 11) is -4.26. The van der Waals surface area contributed by atoms with Gasteiger partial charge >= 0.3 is 6.18 Å². The Labute approximate surface area is 191 Å². The highest BCUT2D eigenvalue weighted by atomic mass is 35.5. The zero-order valence-electron chi connectivity index (χ0n) is 16.3. The number of aromatic nitrogens is 1. The van der Waals surface area contributed by atoms with Crippen LogP contribution in [0.5, 0.6) is 0 Å². The van der Waals surface area contributed by atoms with Crippen molar-refractivity contribution in [2.75, 3.05) is 13.1 Å². The molecule has 32 heavy (non-hydrogen) atoms. The number of amides is 1. The summed E-state index contributed by atoms with van der Waals surface area (Å²) in [6.07, 6.45) is -2.77. The van der Waals surface area contributed by atoms with Crippen molar-refractivity contribution in [2.45, 2.75) is 41.0 Å². The third-order valence-electron chi connectivity index (χ3n) is 5.86. The maximum Gasteiger partial charge on any atom is 0.416 e. The van der Waals surface area contributed by atoms with Crippen LogP contribution in [0.4, 0.5) is 17.6 Å². The summed E-state index contributed by atoms with van der Waals surface area (Å²) in [5, 5.41) is -1.38. The molecule has 0 N–H and O–H groups in total. The number of carbonyl (C=O) groups is 1. The van der Waals surface area contributed by atoms with Crippen molar-refractivity contribution < 1.29 is 30.8 Å².